The lowest BCUT2D eigenvalue weighted by Crippen LogP contribution is -2.39. The Kier molecular flexibility index (Phi) is 4.30. The summed E-state index contributed by atoms with van der Waals surface area (Å²) in [4.78, 5) is 35.7. The number of benzene rings is 1. The van der Waals surface area contributed by atoms with Crippen LogP contribution in [0.4, 0.5) is 0 Å². The summed E-state index contributed by atoms with van der Waals surface area (Å²) in [6.07, 6.45) is 1.60. The predicted molar refractivity (Wildman–Crippen MR) is 76.0 cm³/mol. The van der Waals surface area contributed by atoms with Gasteiger partial charge < -0.3 is 4.57 Å². The molecule has 5 nitrogen and oxygen atoms in total. The molecule has 0 unspecified atom stereocenters. The second-order valence-electron chi connectivity index (χ2n) is 4.41. The van der Waals surface area contributed by atoms with E-state index in [0.717, 1.165) is 4.57 Å². The molecule has 0 aliphatic rings. The predicted octanol–water partition coefficient (Wildman–Crippen LogP) is 1.30. The van der Waals surface area contributed by atoms with Crippen molar-refractivity contribution in [1.82, 2.24) is 9.13 Å². The van der Waals surface area contributed by atoms with Crippen LogP contribution in [-0.2, 0) is 13.1 Å². The minimum Gasteiger partial charge on any atom is -0.301 e. The third-order valence-corrected chi connectivity index (χ3v) is 3.14. The van der Waals surface area contributed by atoms with Crippen molar-refractivity contribution >= 4 is 5.78 Å². The molecular weight excluding hydrogens is 256 g/mol. The third kappa shape index (κ3) is 2.93. The standard InChI is InChI=1S/C15H16N2O3/c1-2-16-10-9-14(19)17(15(16)20)11-8-13(18)12-6-4-3-5-7-12/h3-7,9-10H,2,8,11H2,1H3. The molecule has 0 N–H and O–H groups in total. The maximum atomic E-state index is 12.0. The summed E-state index contributed by atoms with van der Waals surface area (Å²) in [5.74, 6) is -0.0798. The molecule has 1 aromatic carbocycles. The lowest BCUT2D eigenvalue weighted by atomic mass is 10.1. The Hall–Kier alpha value is -2.43. The van der Waals surface area contributed by atoms with Crippen LogP contribution in [0, 0.1) is 0 Å². The number of nitrogens with zero attached hydrogens (tertiary/aromatic N) is 2. The highest BCUT2D eigenvalue weighted by Gasteiger charge is 2.09. The smallest absolute Gasteiger partial charge is 0.301 e. The monoisotopic (exact) mass is 272 g/mol. The van der Waals surface area contributed by atoms with Gasteiger partial charge in [0.1, 0.15) is 0 Å². The summed E-state index contributed by atoms with van der Waals surface area (Å²) in [6, 6.07) is 10.2. The van der Waals surface area contributed by atoms with Gasteiger partial charge in [0.15, 0.2) is 5.78 Å². The molecule has 1 heterocycles. The Morgan fingerprint density at radius 1 is 1.10 bits per heavy atom. The first kappa shape index (κ1) is 14.0. The van der Waals surface area contributed by atoms with Crippen molar-refractivity contribution in [2.75, 3.05) is 0 Å². The number of hydrogen-bond acceptors (Lipinski definition) is 3. The second-order valence-corrected chi connectivity index (χ2v) is 4.41. The van der Waals surface area contributed by atoms with E-state index in [9.17, 15) is 14.4 Å². The van der Waals surface area contributed by atoms with E-state index >= 15 is 0 Å². The largest absolute Gasteiger partial charge is 0.330 e. The average molecular weight is 272 g/mol. The molecule has 104 valence electrons. The van der Waals surface area contributed by atoms with Gasteiger partial charge in [-0.05, 0) is 6.92 Å². The van der Waals surface area contributed by atoms with Gasteiger partial charge in [-0.1, -0.05) is 30.3 Å². The van der Waals surface area contributed by atoms with E-state index in [-0.39, 0.29) is 30.0 Å². The van der Waals surface area contributed by atoms with Crippen molar-refractivity contribution in [3.8, 4) is 0 Å². The molecule has 2 rings (SSSR count). The Bertz CT molecular complexity index is 714. The van der Waals surface area contributed by atoms with E-state index in [1.165, 1.54) is 16.8 Å². The molecule has 0 fully saturated rings. The summed E-state index contributed by atoms with van der Waals surface area (Å²) in [6.45, 7) is 2.42. The van der Waals surface area contributed by atoms with Crippen molar-refractivity contribution in [2.45, 2.75) is 26.4 Å². The number of aromatic nitrogens is 2. The Balaban J connectivity index is 2.18. The van der Waals surface area contributed by atoms with Gasteiger partial charge >= 0.3 is 5.69 Å². The first-order chi connectivity index (χ1) is 9.63. The quantitative estimate of drug-likeness (QED) is 0.771. The summed E-state index contributed by atoms with van der Waals surface area (Å²) < 4.78 is 2.54. The molecule has 0 bridgehead atoms. The molecule has 2 aromatic rings. The molecule has 0 aliphatic carbocycles. The van der Waals surface area contributed by atoms with E-state index in [1.807, 2.05) is 13.0 Å². The van der Waals surface area contributed by atoms with Gasteiger partial charge in [-0.25, -0.2) is 4.79 Å². The average Bonchev–Trinajstić information content (AvgIpc) is 2.48. The van der Waals surface area contributed by atoms with Crippen molar-refractivity contribution < 1.29 is 4.79 Å². The van der Waals surface area contributed by atoms with Crippen LogP contribution in [0.25, 0.3) is 0 Å². The lowest BCUT2D eigenvalue weighted by Gasteiger charge is -2.07. The van der Waals surface area contributed by atoms with Crippen molar-refractivity contribution in [2.24, 2.45) is 0 Å². The summed E-state index contributed by atoms with van der Waals surface area (Å²) in [7, 11) is 0. The van der Waals surface area contributed by atoms with Gasteiger partial charge in [-0.2, -0.15) is 0 Å². The molecule has 1 aromatic heterocycles. The van der Waals surface area contributed by atoms with E-state index in [2.05, 4.69) is 0 Å². The zero-order chi connectivity index (χ0) is 14.5. The zero-order valence-corrected chi connectivity index (χ0v) is 11.3. The highest BCUT2D eigenvalue weighted by Crippen LogP contribution is 2.03. The number of hydrogen-bond donors (Lipinski definition) is 0. The number of rotatable bonds is 5. The Labute approximate surface area is 116 Å². The minimum absolute atomic E-state index is 0.0798. The fraction of sp³-hybridized carbons (Fsp3) is 0.267. The van der Waals surface area contributed by atoms with Crippen LogP contribution in [0.2, 0.25) is 0 Å². The van der Waals surface area contributed by atoms with Gasteiger partial charge in [-0.15, -0.1) is 0 Å². The molecule has 0 atom stereocenters. The number of aryl methyl sites for hydroxylation is 1. The van der Waals surface area contributed by atoms with E-state index < -0.39 is 0 Å². The van der Waals surface area contributed by atoms with E-state index in [1.54, 1.807) is 24.3 Å². The van der Waals surface area contributed by atoms with Crippen molar-refractivity contribution in [1.29, 1.82) is 0 Å². The maximum absolute atomic E-state index is 12.0. The van der Waals surface area contributed by atoms with Crippen LogP contribution in [-0.4, -0.2) is 14.9 Å². The Morgan fingerprint density at radius 3 is 2.45 bits per heavy atom. The van der Waals surface area contributed by atoms with Crippen LogP contribution in [0.5, 0.6) is 0 Å². The first-order valence-corrected chi connectivity index (χ1v) is 6.52. The van der Waals surface area contributed by atoms with Crippen molar-refractivity contribution in [3.63, 3.8) is 0 Å². The molecule has 0 aliphatic heterocycles. The highest BCUT2D eigenvalue weighted by atomic mass is 16.2. The number of carbonyl (C=O) groups is 1. The van der Waals surface area contributed by atoms with Crippen LogP contribution >= 0.6 is 0 Å². The van der Waals surface area contributed by atoms with Crippen molar-refractivity contribution in [3.05, 3.63) is 69.0 Å². The van der Waals surface area contributed by atoms with Gasteiger partial charge in [0, 0.05) is 37.3 Å². The third-order valence-electron chi connectivity index (χ3n) is 3.14. The molecule has 20 heavy (non-hydrogen) atoms. The SMILES string of the molecule is CCn1ccc(=O)n(CCC(=O)c2ccccc2)c1=O. The molecule has 0 radical (unpaired) electrons. The fourth-order valence-corrected chi connectivity index (χ4v) is 1.99. The highest BCUT2D eigenvalue weighted by molar-refractivity contribution is 5.95. The lowest BCUT2D eigenvalue weighted by molar-refractivity contribution is 0.0976. The summed E-state index contributed by atoms with van der Waals surface area (Å²) in [5, 5.41) is 0. The van der Waals surface area contributed by atoms with Crippen LogP contribution in [0.3, 0.4) is 0 Å². The maximum Gasteiger partial charge on any atom is 0.330 e. The second kappa shape index (κ2) is 6.14. The topological polar surface area (TPSA) is 61.1 Å². The molecule has 5 heteroatoms. The number of ketones is 1. The van der Waals surface area contributed by atoms with Crippen LogP contribution in [0.1, 0.15) is 23.7 Å². The molecule has 0 saturated carbocycles. The summed E-state index contributed by atoms with van der Waals surface area (Å²) in [5.41, 5.74) is -0.159. The van der Waals surface area contributed by atoms with E-state index in [0.29, 0.717) is 12.1 Å². The van der Waals surface area contributed by atoms with Gasteiger partial charge in [0.25, 0.3) is 5.56 Å². The first-order valence-electron chi connectivity index (χ1n) is 6.52. The van der Waals surface area contributed by atoms with Gasteiger partial charge in [0.05, 0.1) is 0 Å². The Morgan fingerprint density at radius 2 is 1.80 bits per heavy atom. The fourth-order valence-electron chi connectivity index (χ4n) is 1.99. The molecule has 0 amide bonds. The summed E-state index contributed by atoms with van der Waals surface area (Å²) >= 11 is 0. The van der Waals surface area contributed by atoms with Gasteiger partial charge in [-0.3, -0.25) is 14.2 Å². The van der Waals surface area contributed by atoms with E-state index in [4.69, 9.17) is 0 Å². The zero-order valence-electron chi connectivity index (χ0n) is 11.3. The number of Topliss-reactive ketones (excluding diaryl/α,β-unsaturated/α-hetero) is 1. The normalized spacial score (nSPS) is 10.4. The van der Waals surface area contributed by atoms with Crippen LogP contribution < -0.4 is 11.2 Å². The van der Waals surface area contributed by atoms with Gasteiger partial charge in [0.2, 0.25) is 0 Å². The molecule has 0 spiro atoms. The minimum atomic E-state index is -0.374. The van der Waals surface area contributed by atoms with Crippen LogP contribution in [0.15, 0.2) is 52.2 Å². The molecule has 0 saturated heterocycles. The number of carbonyl (C=O) groups excluding carboxylic acids is 1. The molecular formula is C15H16N2O3.